The first-order chi connectivity index (χ1) is 11.5. The van der Waals surface area contributed by atoms with E-state index in [4.69, 9.17) is 0 Å². The number of hydrogen-bond acceptors (Lipinski definition) is 5. The number of anilines is 1. The maximum absolute atomic E-state index is 12.7. The summed E-state index contributed by atoms with van der Waals surface area (Å²) in [6, 6.07) is 3.33. The fourth-order valence-electron chi connectivity index (χ4n) is 2.97. The zero-order chi connectivity index (χ0) is 17.6. The van der Waals surface area contributed by atoms with Gasteiger partial charge < -0.3 is 10.2 Å². The van der Waals surface area contributed by atoms with Gasteiger partial charge in [0.25, 0.3) is 5.91 Å². The first-order valence-corrected chi connectivity index (χ1v) is 10.5. The summed E-state index contributed by atoms with van der Waals surface area (Å²) in [5, 5.41) is 3.24. The van der Waals surface area contributed by atoms with Crippen molar-refractivity contribution >= 4 is 21.6 Å². The lowest BCUT2D eigenvalue weighted by molar-refractivity contribution is 0.0708. The van der Waals surface area contributed by atoms with Gasteiger partial charge in [-0.2, -0.15) is 0 Å². The van der Waals surface area contributed by atoms with Gasteiger partial charge in [0.2, 0.25) is 0 Å². The number of pyridine rings is 1. The lowest BCUT2D eigenvalue weighted by atomic mass is 10.1. The van der Waals surface area contributed by atoms with Gasteiger partial charge in [0, 0.05) is 25.3 Å². The highest BCUT2D eigenvalue weighted by atomic mass is 32.2. The van der Waals surface area contributed by atoms with Crippen molar-refractivity contribution in [2.75, 3.05) is 29.9 Å². The number of unbranched alkanes of at least 4 members (excludes halogenated alkanes) is 2. The zero-order valence-electron chi connectivity index (χ0n) is 14.5. The number of carbonyl (C=O) groups is 1. The average molecular weight is 353 g/mol. The molecule has 1 N–H and O–H groups in total. The average Bonchev–Trinajstić information content (AvgIpc) is 2.92. The molecular weight excluding hydrogens is 326 g/mol. The summed E-state index contributed by atoms with van der Waals surface area (Å²) in [6.45, 7) is 5.40. The molecule has 0 aromatic carbocycles. The van der Waals surface area contributed by atoms with Crippen molar-refractivity contribution in [3.8, 4) is 0 Å². The fourth-order valence-corrected chi connectivity index (χ4v) is 4.70. The third kappa shape index (κ3) is 4.93. The summed E-state index contributed by atoms with van der Waals surface area (Å²) in [5.41, 5.74) is 0.500. The van der Waals surface area contributed by atoms with Crippen LogP contribution >= 0.6 is 0 Å². The molecule has 1 atom stereocenters. The van der Waals surface area contributed by atoms with Crippen molar-refractivity contribution in [1.82, 2.24) is 9.88 Å². The van der Waals surface area contributed by atoms with Crippen molar-refractivity contribution in [3.05, 3.63) is 23.9 Å². The van der Waals surface area contributed by atoms with Crippen LogP contribution in [0.5, 0.6) is 0 Å². The Bertz CT molecular complexity index is 644. The molecule has 0 spiro atoms. The molecule has 0 bridgehead atoms. The molecule has 1 amide bonds. The maximum Gasteiger partial charge on any atom is 0.255 e. The van der Waals surface area contributed by atoms with Gasteiger partial charge in [0.05, 0.1) is 17.1 Å². The van der Waals surface area contributed by atoms with Crippen molar-refractivity contribution in [3.63, 3.8) is 0 Å². The van der Waals surface area contributed by atoms with Gasteiger partial charge in [0.1, 0.15) is 5.82 Å². The number of aromatic nitrogens is 1. The summed E-state index contributed by atoms with van der Waals surface area (Å²) in [6.07, 6.45) is 5.53. The van der Waals surface area contributed by atoms with E-state index in [0.29, 0.717) is 18.5 Å². The first-order valence-electron chi connectivity index (χ1n) is 8.68. The molecular formula is C17H27N3O3S. The third-order valence-electron chi connectivity index (χ3n) is 4.35. The van der Waals surface area contributed by atoms with E-state index >= 15 is 0 Å². The van der Waals surface area contributed by atoms with E-state index < -0.39 is 9.84 Å². The van der Waals surface area contributed by atoms with E-state index in [1.165, 1.54) is 12.8 Å². The highest BCUT2D eigenvalue weighted by molar-refractivity contribution is 7.91. The largest absolute Gasteiger partial charge is 0.370 e. The topological polar surface area (TPSA) is 79.4 Å². The number of hydrogen-bond donors (Lipinski definition) is 1. The van der Waals surface area contributed by atoms with Crippen molar-refractivity contribution < 1.29 is 13.2 Å². The number of nitrogens with zero attached hydrogens (tertiary/aromatic N) is 2. The Morgan fingerprint density at radius 2 is 2.12 bits per heavy atom. The van der Waals surface area contributed by atoms with E-state index in [-0.39, 0.29) is 23.5 Å². The standard InChI is InChI=1S/C17H27N3O3S/c1-3-5-6-10-18-16-8-7-14(12-19-16)17(21)20(4-2)15-9-11-24(22,23)13-15/h7-8,12,15H,3-6,9-11,13H2,1-2H3,(H,18,19). The van der Waals surface area contributed by atoms with Gasteiger partial charge in [-0.25, -0.2) is 13.4 Å². The lowest BCUT2D eigenvalue weighted by Crippen LogP contribution is -2.41. The van der Waals surface area contributed by atoms with Crippen LogP contribution in [0.3, 0.4) is 0 Å². The van der Waals surface area contributed by atoms with E-state index in [1.54, 1.807) is 23.2 Å². The van der Waals surface area contributed by atoms with Crippen LogP contribution in [0.2, 0.25) is 0 Å². The van der Waals surface area contributed by atoms with Crippen LogP contribution in [0.4, 0.5) is 5.82 Å². The third-order valence-corrected chi connectivity index (χ3v) is 6.10. The second kappa shape index (κ2) is 8.46. The summed E-state index contributed by atoms with van der Waals surface area (Å²) in [7, 11) is -3.01. The van der Waals surface area contributed by atoms with Crippen LogP contribution in [0.25, 0.3) is 0 Å². The summed E-state index contributed by atoms with van der Waals surface area (Å²) >= 11 is 0. The molecule has 0 radical (unpaired) electrons. The van der Waals surface area contributed by atoms with Crippen LogP contribution in [-0.2, 0) is 9.84 Å². The number of carbonyl (C=O) groups excluding carboxylic acids is 1. The van der Waals surface area contributed by atoms with E-state index in [1.807, 2.05) is 6.92 Å². The number of rotatable bonds is 8. The fraction of sp³-hybridized carbons (Fsp3) is 0.647. The molecule has 1 fully saturated rings. The molecule has 1 unspecified atom stereocenters. The van der Waals surface area contributed by atoms with Crippen molar-refractivity contribution in [1.29, 1.82) is 0 Å². The Morgan fingerprint density at radius 3 is 2.67 bits per heavy atom. The smallest absolute Gasteiger partial charge is 0.255 e. The first kappa shape index (κ1) is 18.7. The van der Waals surface area contributed by atoms with Crippen LogP contribution in [0.15, 0.2) is 18.3 Å². The normalized spacial score (nSPS) is 19.2. The molecule has 2 heterocycles. The Morgan fingerprint density at radius 1 is 1.33 bits per heavy atom. The van der Waals surface area contributed by atoms with Crippen LogP contribution in [0, 0.1) is 0 Å². The second-order valence-corrected chi connectivity index (χ2v) is 8.44. The Balaban J connectivity index is 1.98. The number of amides is 1. The minimum Gasteiger partial charge on any atom is -0.370 e. The minimum absolute atomic E-state index is 0.0665. The van der Waals surface area contributed by atoms with Gasteiger partial charge in [-0.05, 0) is 31.9 Å². The molecule has 1 aromatic rings. The van der Waals surface area contributed by atoms with Gasteiger partial charge in [-0.15, -0.1) is 0 Å². The van der Waals surface area contributed by atoms with Crippen LogP contribution in [-0.4, -0.2) is 54.8 Å². The monoisotopic (exact) mass is 353 g/mol. The molecule has 1 saturated heterocycles. The number of nitrogens with one attached hydrogen (secondary N) is 1. The Hall–Kier alpha value is -1.63. The predicted molar refractivity (Wildman–Crippen MR) is 96.0 cm³/mol. The van der Waals surface area contributed by atoms with Gasteiger partial charge in [-0.3, -0.25) is 4.79 Å². The quantitative estimate of drug-likeness (QED) is 0.726. The summed E-state index contributed by atoms with van der Waals surface area (Å²) in [5.74, 6) is 0.844. The zero-order valence-corrected chi connectivity index (χ0v) is 15.3. The second-order valence-electron chi connectivity index (χ2n) is 6.21. The molecule has 2 rings (SSSR count). The summed E-state index contributed by atoms with van der Waals surface area (Å²) < 4.78 is 23.3. The Labute approximate surface area is 144 Å². The Kier molecular flexibility index (Phi) is 6.60. The molecule has 0 aliphatic carbocycles. The molecule has 1 aromatic heterocycles. The molecule has 6 nitrogen and oxygen atoms in total. The molecule has 1 aliphatic heterocycles. The number of sulfone groups is 1. The maximum atomic E-state index is 12.7. The summed E-state index contributed by atoms with van der Waals surface area (Å²) in [4.78, 5) is 18.6. The molecule has 0 saturated carbocycles. The van der Waals surface area contributed by atoms with E-state index in [0.717, 1.165) is 18.8 Å². The van der Waals surface area contributed by atoms with Gasteiger partial charge in [0.15, 0.2) is 9.84 Å². The lowest BCUT2D eigenvalue weighted by Gasteiger charge is -2.26. The SMILES string of the molecule is CCCCCNc1ccc(C(=O)N(CC)C2CCS(=O)(=O)C2)cn1. The molecule has 1 aliphatic rings. The highest BCUT2D eigenvalue weighted by Gasteiger charge is 2.34. The predicted octanol–water partition coefficient (Wildman–Crippen LogP) is 2.33. The van der Waals surface area contributed by atoms with Crippen molar-refractivity contribution in [2.24, 2.45) is 0 Å². The van der Waals surface area contributed by atoms with Crippen LogP contribution < -0.4 is 5.32 Å². The van der Waals surface area contributed by atoms with Crippen molar-refractivity contribution in [2.45, 2.75) is 45.6 Å². The molecule has 134 valence electrons. The molecule has 24 heavy (non-hydrogen) atoms. The molecule has 7 heteroatoms. The van der Waals surface area contributed by atoms with Crippen LogP contribution in [0.1, 0.15) is 49.9 Å². The van der Waals surface area contributed by atoms with Gasteiger partial charge in [-0.1, -0.05) is 19.8 Å². The minimum atomic E-state index is -3.01. The van der Waals surface area contributed by atoms with E-state index in [9.17, 15) is 13.2 Å². The van der Waals surface area contributed by atoms with E-state index in [2.05, 4.69) is 17.2 Å². The van der Waals surface area contributed by atoms with Gasteiger partial charge >= 0.3 is 0 Å². The highest BCUT2D eigenvalue weighted by Crippen LogP contribution is 2.20.